The number of carbonyl (C=O) groups excluding carboxylic acids is 1. The first kappa shape index (κ1) is 14.8. The smallest absolute Gasteiger partial charge is 0.231 e. The Morgan fingerprint density at radius 1 is 1.08 bits per heavy atom. The molecule has 2 aliphatic rings. The van der Waals surface area contributed by atoms with E-state index in [0.717, 1.165) is 25.1 Å². The Morgan fingerprint density at radius 3 is 2.67 bits per heavy atom. The highest BCUT2D eigenvalue weighted by atomic mass is 16.2. The molecule has 0 bridgehead atoms. The molecule has 0 N–H and O–H groups in total. The van der Waals surface area contributed by atoms with Gasteiger partial charge in [-0.25, -0.2) is 0 Å². The third-order valence-electron chi connectivity index (χ3n) is 5.06. The molecule has 0 aromatic heterocycles. The topological polar surface area (TPSA) is 47.3 Å². The van der Waals surface area contributed by atoms with Crippen molar-refractivity contribution in [3.8, 4) is 17.3 Å². The summed E-state index contributed by atoms with van der Waals surface area (Å²) in [5, 5.41) is 9.00. The minimum atomic E-state index is -0.0593. The highest BCUT2D eigenvalue weighted by molar-refractivity contribution is 5.98. The zero-order valence-electron chi connectivity index (χ0n) is 13.5. The molecule has 1 fully saturated rings. The van der Waals surface area contributed by atoms with Gasteiger partial charge in [0.15, 0.2) is 6.19 Å². The second kappa shape index (κ2) is 6.01. The van der Waals surface area contributed by atoms with E-state index in [0.29, 0.717) is 13.1 Å². The van der Waals surface area contributed by atoms with Gasteiger partial charge >= 0.3 is 0 Å². The highest BCUT2D eigenvalue weighted by Gasteiger charge is 2.35. The number of anilines is 1. The molecule has 1 amide bonds. The van der Waals surface area contributed by atoms with Gasteiger partial charge in [0.2, 0.25) is 5.91 Å². The molecule has 0 saturated carbocycles. The van der Waals surface area contributed by atoms with E-state index in [4.69, 9.17) is 5.26 Å². The average Bonchev–Trinajstić information content (AvgIpc) is 3.28. The summed E-state index contributed by atoms with van der Waals surface area (Å²) in [6, 6.07) is 16.5. The second-order valence-electron chi connectivity index (χ2n) is 6.44. The number of hydrogen-bond donors (Lipinski definition) is 0. The van der Waals surface area contributed by atoms with E-state index >= 15 is 0 Å². The Hall–Kier alpha value is -2.80. The number of likely N-dealkylation sites (tertiary alicyclic amines) is 1. The molecule has 0 radical (unpaired) electrons. The van der Waals surface area contributed by atoms with Gasteiger partial charge < -0.3 is 9.80 Å². The SMILES string of the molecule is N#CN1CCC(C(=O)N2CCc3c(-c4ccccc4)cccc32)C1. The Kier molecular flexibility index (Phi) is 3.70. The maximum atomic E-state index is 12.9. The van der Waals surface area contributed by atoms with Crippen molar-refractivity contribution in [3.05, 3.63) is 54.1 Å². The van der Waals surface area contributed by atoms with E-state index in [9.17, 15) is 4.79 Å². The first-order valence-corrected chi connectivity index (χ1v) is 8.41. The predicted molar refractivity (Wildman–Crippen MR) is 93.2 cm³/mol. The van der Waals surface area contributed by atoms with Gasteiger partial charge in [-0.15, -0.1) is 0 Å². The number of rotatable bonds is 2. The van der Waals surface area contributed by atoms with Crippen LogP contribution in [0.2, 0.25) is 0 Å². The molecule has 120 valence electrons. The van der Waals surface area contributed by atoms with E-state index in [2.05, 4.69) is 24.4 Å². The summed E-state index contributed by atoms with van der Waals surface area (Å²) in [5.41, 5.74) is 4.71. The number of nitriles is 1. The minimum absolute atomic E-state index is 0.0593. The number of fused-ring (bicyclic) bond motifs is 1. The average molecular weight is 317 g/mol. The predicted octanol–water partition coefficient (Wildman–Crippen LogP) is 3.05. The van der Waals surface area contributed by atoms with Gasteiger partial charge in [0.25, 0.3) is 0 Å². The lowest BCUT2D eigenvalue weighted by Crippen LogP contribution is -2.35. The molecule has 1 atom stereocenters. The molecule has 1 unspecified atom stereocenters. The summed E-state index contributed by atoms with van der Waals surface area (Å²) in [4.78, 5) is 16.5. The number of benzene rings is 2. The molecule has 0 spiro atoms. The summed E-state index contributed by atoms with van der Waals surface area (Å²) in [7, 11) is 0. The van der Waals surface area contributed by atoms with Crippen LogP contribution in [0.15, 0.2) is 48.5 Å². The van der Waals surface area contributed by atoms with E-state index in [-0.39, 0.29) is 11.8 Å². The molecule has 0 aliphatic carbocycles. The maximum absolute atomic E-state index is 12.9. The number of carbonyl (C=O) groups is 1. The molecule has 24 heavy (non-hydrogen) atoms. The Labute approximate surface area is 141 Å². The van der Waals surface area contributed by atoms with E-state index in [1.165, 1.54) is 16.7 Å². The molecule has 2 aromatic rings. The third kappa shape index (κ3) is 2.43. The van der Waals surface area contributed by atoms with E-state index < -0.39 is 0 Å². The molecule has 4 nitrogen and oxygen atoms in total. The van der Waals surface area contributed by atoms with Crippen LogP contribution < -0.4 is 4.90 Å². The lowest BCUT2D eigenvalue weighted by atomic mass is 9.98. The first-order chi connectivity index (χ1) is 11.8. The zero-order chi connectivity index (χ0) is 16.5. The fourth-order valence-electron chi connectivity index (χ4n) is 3.82. The maximum Gasteiger partial charge on any atom is 0.231 e. The van der Waals surface area contributed by atoms with Gasteiger partial charge in [0.05, 0.1) is 5.92 Å². The normalized spacial score (nSPS) is 19.2. The van der Waals surface area contributed by atoms with Crippen LogP contribution in [0.1, 0.15) is 12.0 Å². The fourth-order valence-corrected chi connectivity index (χ4v) is 3.82. The van der Waals surface area contributed by atoms with Crippen LogP contribution in [0.3, 0.4) is 0 Å². The standard InChI is InChI=1S/C20H19N3O/c21-14-22-11-9-16(13-22)20(24)23-12-10-18-17(7-4-8-19(18)23)15-5-2-1-3-6-15/h1-8,16H,9-13H2. The van der Waals surface area contributed by atoms with Crippen molar-refractivity contribution in [2.24, 2.45) is 5.92 Å². The molecular formula is C20H19N3O. The monoisotopic (exact) mass is 317 g/mol. The van der Waals surface area contributed by atoms with Crippen LogP contribution in [-0.4, -0.2) is 30.4 Å². The van der Waals surface area contributed by atoms with Crippen LogP contribution in [0.4, 0.5) is 5.69 Å². The van der Waals surface area contributed by atoms with E-state index in [1.807, 2.05) is 35.2 Å². The number of amides is 1. The van der Waals surface area contributed by atoms with Crippen LogP contribution in [0.5, 0.6) is 0 Å². The summed E-state index contributed by atoms with van der Waals surface area (Å²) < 4.78 is 0. The summed E-state index contributed by atoms with van der Waals surface area (Å²) in [5.74, 6) is 0.104. The lowest BCUT2D eigenvalue weighted by Gasteiger charge is -2.21. The molecule has 4 heteroatoms. The van der Waals surface area contributed by atoms with Crippen LogP contribution in [-0.2, 0) is 11.2 Å². The Bertz CT molecular complexity index is 809. The fraction of sp³-hybridized carbons (Fsp3) is 0.300. The van der Waals surface area contributed by atoms with Crippen LogP contribution >= 0.6 is 0 Å². The molecule has 2 aliphatic heterocycles. The highest BCUT2D eigenvalue weighted by Crippen LogP contribution is 2.37. The summed E-state index contributed by atoms with van der Waals surface area (Å²) in [6.07, 6.45) is 3.82. The zero-order valence-corrected chi connectivity index (χ0v) is 13.5. The van der Waals surface area contributed by atoms with Crippen molar-refractivity contribution in [3.63, 3.8) is 0 Å². The largest absolute Gasteiger partial charge is 0.311 e. The van der Waals surface area contributed by atoms with Crippen molar-refractivity contribution in [2.45, 2.75) is 12.8 Å². The van der Waals surface area contributed by atoms with Crippen molar-refractivity contribution in [1.82, 2.24) is 4.90 Å². The Morgan fingerprint density at radius 2 is 1.92 bits per heavy atom. The molecule has 4 rings (SSSR count). The van der Waals surface area contributed by atoms with Crippen molar-refractivity contribution < 1.29 is 4.79 Å². The van der Waals surface area contributed by atoms with Crippen LogP contribution in [0, 0.1) is 17.4 Å². The van der Waals surface area contributed by atoms with Crippen molar-refractivity contribution in [2.75, 3.05) is 24.5 Å². The summed E-state index contributed by atoms with van der Waals surface area (Å²) >= 11 is 0. The van der Waals surface area contributed by atoms with Gasteiger partial charge in [-0.05, 0) is 35.6 Å². The molecule has 1 saturated heterocycles. The first-order valence-electron chi connectivity index (χ1n) is 8.41. The number of nitrogens with zero attached hydrogens (tertiary/aromatic N) is 3. The van der Waals surface area contributed by atoms with Gasteiger partial charge in [0.1, 0.15) is 0 Å². The summed E-state index contributed by atoms with van der Waals surface area (Å²) in [6.45, 7) is 1.98. The van der Waals surface area contributed by atoms with Gasteiger partial charge in [-0.2, -0.15) is 5.26 Å². The van der Waals surface area contributed by atoms with Crippen molar-refractivity contribution >= 4 is 11.6 Å². The Balaban J connectivity index is 1.63. The quantitative estimate of drug-likeness (QED) is 0.800. The van der Waals surface area contributed by atoms with Gasteiger partial charge in [0, 0.05) is 25.3 Å². The third-order valence-corrected chi connectivity index (χ3v) is 5.06. The minimum Gasteiger partial charge on any atom is -0.311 e. The number of hydrogen-bond acceptors (Lipinski definition) is 3. The van der Waals surface area contributed by atoms with Gasteiger partial charge in [-0.1, -0.05) is 42.5 Å². The second-order valence-corrected chi connectivity index (χ2v) is 6.44. The van der Waals surface area contributed by atoms with Gasteiger partial charge in [-0.3, -0.25) is 4.79 Å². The molecular weight excluding hydrogens is 298 g/mol. The van der Waals surface area contributed by atoms with E-state index in [1.54, 1.807) is 4.90 Å². The molecule has 2 aromatic carbocycles. The van der Waals surface area contributed by atoms with Crippen molar-refractivity contribution in [1.29, 1.82) is 5.26 Å². The lowest BCUT2D eigenvalue weighted by molar-refractivity contribution is -0.121. The van der Waals surface area contributed by atoms with Crippen LogP contribution in [0.25, 0.3) is 11.1 Å². The molecule has 2 heterocycles.